The van der Waals surface area contributed by atoms with Crippen LogP contribution >= 0.6 is 15.9 Å². The van der Waals surface area contributed by atoms with Gasteiger partial charge < -0.3 is 15.4 Å². The maximum absolute atomic E-state index is 12.2. The molecule has 1 aromatic heterocycles. The van der Waals surface area contributed by atoms with Gasteiger partial charge in [0.25, 0.3) is 5.91 Å². The highest BCUT2D eigenvalue weighted by atomic mass is 79.9. The highest BCUT2D eigenvalue weighted by Gasteiger charge is 2.25. The van der Waals surface area contributed by atoms with Gasteiger partial charge in [-0.2, -0.15) is 0 Å². The Kier molecular flexibility index (Phi) is 4.09. The molecule has 1 amide bonds. The van der Waals surface area contributed by atoms with Crippen LogP contribution in [-0.2, 0) is 4.74 Å². The van der Waals surface area contributed by atoms with Gasteiger partial charge in [-0.25, -0.2) is 4.98 Å². The summed E-state index contributed by atoms with van der Waals surface area (Å²) < 4.78 is 6.13. The van der Waals surface area contributed by atoms with Crippen molar-refractivity contribution in [2.24, 2.45) is 5.73 Å². The molecule has 5 nitrogen and oxygen atoms in total. The molecule has 1 fully saturated rings. The zero-order valence-corrected chi connectivity index (χ0v) is 10.9. The third-order valence-electron chi connectivity index (χ3n) is 2.65. The van der Waals surface area contributed by atoms with E-state index in [1.165, 1.54) is 0 Å². The summed E-state index contributed by atoms with van der Waals surface area (Å²) in [5.74, 6) is -0.0841. The van der Waals surface area contributed by atoms with Crippen LogP contribution in [0.1, 0.15) is 10.5 Å². The molecule has 0 saturated carbocycles. The minimum absolute atomic E-state index is 0.0739. The summed E-state index contributed by atoms with van der Waals surface area (Å²) in [6.07, 6.45) is 1.54. The van der Waals surface area contributed by atoms with E-state index in [4.69, 9.17) is 10.5 Å². The number of nitrogens with zero attached hydrogens (tertiary/aromatic N) is 2. The molecule has 0 bridgehead atoms. The molecule has 17 heavy (non-hydrogen) atoms. The molecule has 1 saturated heterocycles. The van der Waals surface area contributed by atoms with Gasteiger partial charge >= 0.3 is 0 Å². The summed E-state index contributed by atoms with van der Waals surface area (Å²) in [5.41, 5.74) is 5.98. The molecule has 0 radical (unpaired) electrons. The van der Waals surface area contributed by atoms with Crippen LogP contribution < -0.4 is 5.73 Å². The number of nitrogens with two attached hydrogens (primary N) is 1. The molecule has 0 aromatic carbocycles. The highest BCUT2D eigenvalue weighted by molar-refractivity contribution is 9.10. The third kappa shape index (κ3) is 2.83. The second-order valence-corrected chi connectivity index (χ2v) is 4.67. The van der Waals surface area contributed by atoms with E-state index in [1.807, 2.05) is 0 Å². The van der Waals surface area contributed by atoms with Crippen LogP contribution in [0.3, 0.4) is 0 Å². The number of ether oxygens (including phenoxy) is 1. The minimum atomic E-state index is -0.0841. The van der Waals surface area contributed by atoms with Gasteiger partial charge in [0.1, 0.15) is 5.69 Å². The summed E-state index contributed by atoms with van der Waals surface area (Å²) in [4.78, 5) is 18.0. The lowest BCUT2D eigenvalue weighted by Crippen LogP contribution is -2.48. The van der Waals surface area contributed by atoms with Crippen molar-refractivity contribution in [2.45, 2.75) is 6.10 Å². The van der Waals surface area contributed by atoms with E-state index in [9.17, 15) is 4.79 Å². The van der Waals surface area contributed by atoms with Gasteiger partial charge in [-0.05, 0) is 28.1 Å². The van der Waals surface area contributed by atoms with Crippen molar-refractivity contribution in [3.05, 3.63) is 28.5 Å². The lowest BCUT2D eigenvalue weighted by Gasteiger charge is -2.32. The van der Waals surface area contributed by atoms with E-state index >= 15 is 0 Å². The van der Waals surface area contributed by atoms with Crippen molar-refractivity contribution >= 4 is 21.8 Å². The molecule has 1 atom stereocenters. The van der Waals surface area contributed by atoms with E-state index in [0.717, 1.165) is 0 Å². The largest absolute Gasteiger partial charge is 0.373 e. The Morgan fingerprint density at radius 3 is 3.24 bits per heavy atom. The van der Waals surface area contributed by atoms with Gasteiger partial charge in [-0.1, -0.05) is 0 Å². The molecular formula is C11H14BrN3O2. The standard InChI is InChI=1S/C11H14BrN3O2/c12-9-2-1-3-14-10(9)11(16)15-4-5-17-8(6-13)7-15/h1-3,8H,4-7,13H2. The fourth-order valence-electron chi connectivity index (χ4n) is 1.74. The topological polar surface area (TPSA) is 68.5 Å². The zero-order chi connectivity index (χ0) is 12.3. The predicted octanol–water partition coefficient (Wildman–Crippen LogP) is 0.644. The molecule has 0 spiro atoms. The van der Waals surface area contributed by atoms with E-state index in [2.05, 4.69) is 20.9 Å². The van der Waals surface area contributed by atoms with Crippen LogP contribution in [0.4, 0.5) is 0 Å². The van der Waals surface area contributed by atoms with Crippen LogP contribution in [0.5, 0.6) is 0 Å². The second-order valence-electron chi connectivity index (χ2n) is 3.81. The first-order chi connectivity index (χ1) is 8.22. The number of aromatic nitrogens is 1. The number of morpholine rings is 1. The van der Waals surface area contributed by atoms with Gasteiger partial charge in [-0.15, -0.1) is 0 Å². The number of hydrogen-bond donors (Lipinski definition) is 1. The maximum atomic E-state index is 12.2. The Labute approximate surface area is 108 Å². The molecule has 2 N–H and O–H groups in total. The lowest BCUT2D eigenvalue weighted by atomic mass is 10.2. The summed E-state index contributed by atoms with van der Waals surface area (Å²) in [7, 11) is 0. The van der Waals surface area contributed by atoms with Crippen molar-refractivity contribution in [3.8, 4) is 0 Å². The van der Waals surface area contributed by atoms with Crippen molar-refractivity contribution in [1.29, 1.82) is 0 Å². The third-order valence-corrected chi connectivity index (χ3v) is 3.29. The van der Waals surface area contributed by atoms with Crippen molar-refractivity contribution < 1.29 is 9.53 Å². The Morgan fingerprint density at radius 2 is 2.53 bits per heavy atom. The van der Waals surface area contributed by atoms with Crippen LogP contribution in [0, 0.1) is 0 Å². The van der Waals surface area contributed by atoms with Gasteiger partial charge in [0.2, 0.25) is 0 Å². The number of rotatable bonds is 2. The number of halogens is 1. The molecule has 1 aliphatic rings. The first-order valence-corrected chi connectivity index (χ1v) is 6.23. The smallest absolute Gasteiger partial charge is 0.273 e. The van der Waals surface area contributed by atoms with E-state index in [1.54, 1.807) is 23.2 Å². The maximum Gasteiger partial charge on any atom is 0.273 e. The molecule has 2 heterocycles. The van der Waals surface area contributed by atoms with E-state index < -0.39 is 0 Å². The summed E-state index contributed by atoms with van der Waals surface area (Å²) >= 11 is 3.33. The SMILES string of the molecule is NCC1CN(C(=O)c2ncccc2Br)CCO1. The summed E-state index contributed by atoms with van der Waals surface area (Å²) in [6, 6.07) is 3.59. The van der Waals surface area contributed by atoms with Crippen LogP contribution in [-0.4, -0.2) is 48.1 Å². The van der Waals surface area contributed by atoms with Gasteiger partial charge in [0.15, 0.2) is 0 Å². The summed E-state index contributed by atoms with van der Waals surface area (Å²) in [6.45, 7) is 2.06. The quantitative estimate of drug-likeness (QED) is 0.870. The Balaban J connectivity index is 2.12. The van der Waals surface area contributed by atoms with Gasteiger partial charge in [0, 0.05) is 30.3 Å². The molecule has 0 aliphatic carbocycles. The monoisotopic (exact) mass is 299 g/mol. The van der Waals surface area contributed by atoms with Crippen molar-refractivity contribution in [1.82, 2.24) is 9.88 Å². The molecular weight excluding hydrogens is 286 g/mol. The molecule has 6 heteroatoms. The van der Waals surface area contributed by atoms with Gasteiger partial charge in [-0.3, -0.25) is 4.79 Å². The number of pyridine rings is 1. The van der Waals surface area contributed by atoms with Crippen LogP contribution in [0.25, 0.3) is 0 Å². The molecule has 1 aliphatic heterocycles. The highest BCUT2D eigenvalue weighted by Crippen LogP contribution is 2.16. The van der Waals surface area contributed by atoms with E-state index in [-0.39, 0.29) is 12.0 Å². The zero-order valence-electron chi connectivity index (χ0n) is 9.30. The fraction of sp³-hybridized carbons (Fsp3) is 0.455. The normalized spacial score (nSPS) is 20.4. The van der Waals surface area contributed by atoms with Crippen molar-refractivity contribution in [2.75, 3.05) is 26.2 Å². The Hall–Kier alpha value is -0.980. The van der Waals surface area contributed by atoms with Crippen molar-refractivity contribution in [3.63, 3.8) is 0 Å². The number of hydrogen-bond acceptors (Lipinski definition) is 4. The average Bonchev–Trinajstić information content (AvgIpc) is 2.38. The first kappa shape index (κ1) is 12.5. The first-order valence-electron chi connectivity index (χ1n) is 5.44. The second kappa shape index (κ2) is 5.57. The Bertz CT molecular complexity index is 413. The van der Waals surface area contributed by atoms with Crippen LogP contribution in [0.15, 0.2) is 22.8 Å². The van der Waals surface area contributed by atoms with E-state index in [0.29, 0.717) is 36.4 Å². The average molecular weight is 300 g/mol. The Morgan fingerprint density at radius 1 is 1.71 bits per heavy atom. The lowest BCUT2D eigenvalue weighted by molar-refractivity contribution is -0.0169. The predicted molar refractivity (Wildman–Crippen MR) is 66.6 cm³/mol. The number of amides is 1. The summed E-state index contributed by atoms with van der Waals surface area (Å²) in [5, 5.41) is 0. The number of carbonyl (C=O) groups is 1. The molecule has 1 unspecified atom stereocenters. The molecule has 92 valence electrons. The minimum Gasteiger partial charge on any atom is -0.373 e. The fourth-order valence-corrected chi connectivity index (χ4v) is 2.16. The molecule has 1 aromatic rings. The van der Waals surface area contributed by atoms with Crippen LogP contribution in [0.2, 0.25) is 0 Å². The van der Waals surface area contributed by atoms with Gasteiger partial charge in [0.05, 0.1) is 12.7 Å². The molecule has 2 rings (SSSR count). The number of carbonyl (C=O) groups excluding carboxylic acids is 1.